The summed E-state index contributed by atoms with van der Waals surface area (Å²) in [4.78, 5) is 0. The Kier molecular flexibility index (Phi) is 9.20. The highest BCUT2D eigenvalue weighted by Gasteiger charge is 1.84. The largest absolute Gasteiger partial charge is 0.388 e. The zero-order valence-electron chi connectivity index (χ0n) is 7.84. The molecule has 0 aromatic rings. The maximum Gasteiger partial charge on any atom is 0.0293 e. The molecule has 0 heterocycles. The third-order valence-electron chi connectivity index (χ3n) is 1.41. The van der Waals surface area contributed by atoms with Crippen LogP contribution in [-0.2, 0) is 0 Å². The van der Waals surface area contributed by atoms with Crippen molar-refractivity contribution in [3.8, 4) is 0 Å². The average molecular weight is 203 g/mol. The van der Waals surface area contributed by atoms with Crippen LogP contribution in [-0.4, -0.2) is 12.8 Å². The fourth-order valence-corrected chi connectivity index (χ4v) is 1.50. The van der Waals surface area contributed by atoms with E-state index in [0.717, 1.165) is 12.8 Å². The maximum atomic E-state index is 3.14. The van der Waals surface area contributed by atoms with E-state index in [1.54, 1.807) is 11.4 Å². The van der Waals surface area contributed by atoms with Crippen LogP contribution in [0.1, 0.15) is 19.8 Å². The van der Waals surface area contributed by atoms with Gasteiger partial charge in [-0.1, -0.05) is 27.5 Å². The third kappa shape index (κ3) is 6.75. The average Bonchev–Trinajstić information content (AvgIpc) is 2.10. The van der Waals surface area contributed by atoms with Gasteiger partial charge in [0.05, 0.1) is 0 Å². The van der Waals surface area contributed by atoms with Crippen LogP contribution in [0.25, 0.3) is 0 Å². The van der Waals surface area contributed by atoms with Crippen LogP contribution in [0, 0.1) is 0 Å². The monoisotopic (exact) mass is 203 g/mol. The van der Waals surface area contributed by atoms with Gasteiger partial charge in [0.2, 0.25) is 0 Å². The molecule has 0 spiro atoms. The van der Waals surface area contributed by atoms with Gasteiger partial charge in [0.15, 0.2) is 0 Å². The summed E-state index contributed by atoms with van der Waals surface area (Å²) in [6.07, 6.45) is 8.75. The highest BCUT2D eigenvalue weighted by atomic mass is 32.7. The van der Waals surface area contributed by atoms with Gasteiger partial charge in [0, 0.05) is 18.5 Å². The zero-order chi connectivity index (χ0) is 9.23. The number of allylic oxidation sites excluding steroid dienone is 3. The number of hydrogen-bond donors (Lipinski definition) is 1. The topological polar surface area (TPSA) is 12.0 Å². The van der Waals surface area contributed by atoms with Gasteiger partial charge in [-0.05, 0) is 18.9 Å². The first-order valence-electron chi connectivity index (χ1n) is 4.21. The van der Waals surface area contributed by atoms with Gasteiger partial charge in [0.25, 0.3) is 0 Å². The molecule has 0 rings (SSSR count). The highest BCUT2D eigenvalue weighted by Crippen LogP contribution is 2.11. The van der Waals surface area contributed by atoms with E-state index in [1.807, 2.05) is 7.05 Å². The van der Waals surface area contributed by atoms with Gasteiger partial charge >= 0.3 is 0 Å². The summed E-state index contributed by atoms with van der Waals surface area (Å²) in [5, 5.41) is 3.14. The minimum absolute atomic E-state index is 1.08. The predicted molar refractivity (Wildman–Crippen MR) is 63.4 cm³/mol. The van der Waals surface area contributed by atoms with Gasteiger partial charge < -0.3 is 5.32 Å². The number of hydrogen-bond acceptors (Lipinski definition) is 2. The Bertz CT molecular complexity index is 155. The van der Waals surface area contributed by atoms with Crippen molar-refractivity contribution >= 4 is 19.8 Å². The minimum atomic E-state index is 1.08. The van der Waals surface area contributed by atoms with Gasteiger partial charge in [0.1, 0.15) is 0 Å². The molecular weight excluding hydrogens is 185 g/mol. The summed E-state index contributed by atoms with van der Waals surface area (Å²) in [5.74, 6) is 1.17. The molecule has 0 fully saturated rings. The van der Waals surface area contributed by atoms with E-state index in [4.69, 9.17) is 0 Å². The lowest BCUT2D eigenvalue weighted by molar-refractivity contribution is 1.00. The molecular formula is C9H18NPS. The van der Waals surface area contributed by atoms with E-state index in [2.05, 4.69) is 38.9 Å². The quantitative estimate of drug-likeness (QED) is 0.404. The first-order valence-corrected chi connectivity index (χ1v) is 6.67. The summed E-state index contributed by atoms with van der Waals surface area (Å²) in [6.45, 7) is 2.14. The lowest BCUT2D eigenvalue weighted by Crippen LogP contribution is -2.02. The summed E-state index contributed by atoms with van der Waals surface area (Å²) in [6, 6.07) is 0. The molecule has 3 heteroatoms. The van der Waals surface area contributed by atoms with Gasteiger partial charge in [-0.25, -0.2) is 0 Å². The Labute approximate surface area is 82.0 Å². The normalized spacial score (nSPS) is 12.4. The molecule has 70 valence electrons. The Morgan fingerprint density at radius 2 is 2.33 bits per heavy atom. The summed E-state index contributed by atoms with van der Waals surface area (Å²) >= 11 is 1.80. The second-order valence-corrected chi connectivity index (χ2v) is 4.12. The zero-order valence-corrected chi connectivity index (χ0v) is 9.81. The van der Waals surface area contributed by atoms with E-state index in [-0.39, 0.29) is 0 Å². The standard InChI is InChI=1S/C9H18NPS/c1-3-6-9(10-2)7-4-5-8-12-11/h4,6-7,10H,3,5,8,11H2,1-2H3/b7-4-,9-6+. The Morgan fingerprint density at radius 1 is 1.58 bits per heavy atom. The second-order valence-electron chi connectivity index (χ2n) is 2.38. The van der Waals surface area contributed by atoms with Crippen molar-refractivity contribution in [1.29, 1.82) is 0 Å². The van der Waals surface area contributed by atoms with Crippen LogP contribution >= 0.6 is 19.8 Å². The van der Waals surface area contributed by atoms with Gasteiger partial charge in [-0.3, -0.25) is 0 Å². The lowest BCUT2D eigenvalue weighted by atomic mass is 10.3. The molecule has 0 saturated heterocycles. The first kappa shape index (κ1) is 12.1. The van der Waals surface area contributed by atoms with E-state index in [0.29, 0.717) is 0 Å². The van der Waals surface area contributed by atoms with Gasteiger partial charge in [-0.2, -0.15) is 0 Å². The number of rotatable bonds is 6. The van der Waals surface area contributed by atoms with Crippen molar-refractivity contribution in [2.24, 2.45) is 0 Å². The first-order chi connectivity index (χ1) is 5.85. The molecule has 0 saturated carbocycles. The van der Waals surface area contributed by atoms with E-state index in [1.165, 1.54) is 11.4 Å². The summed E-state index contributed by atoms with van der Waals surface area (Å²) < 4.78 is 0. The maximum absolute atomic E-state index is 3.14. The van der Waals surface area contributed by atoms with Crippen LogP contribution < -0.4 is 5.32 Å². The van der Waals surface area contributed by atoms with Gasteiger partial charge in [-0.15, -0.1) is 11.4 Å². The molecule has 1 N–H and O–H groups in total. The molecule has 0 radical (unpaired) electrons. The van der Waals surface area contributed by atoms with Crippen LogP contribution in [0.4, 0.5) is 0 Å². The molecule has 1 unspecified atom stereocenters. The molecule has 1 atom stereocenters. The highest BCUT2D eigenvalue weighted by molar-refractivity contribution is 8.43. The van der Waals surface area contributed by atoms with Crippen molar-refractivity contribution in [2.45, 2.75) is 19.8 Å². The molecule has 0 aliphatic heterocycles. The summed E-state index contributed by atoms with van der Waals surface area (Å²) in [5.41, 5.74) is 1.21. The van der Waals surface area contributed by atoms with E-state index in [9.17, 15) is 0 Å². The van der Waals surface area contributed by atoms with Crippen molar-refractivity contribution in [3.63, 3.8) is 0 Å². The van der Waals surface area contributed by atoms with Crippen LogP contribution in [0.15, 0.2) is 23.9 Å². The number of likely N-dealkylation sites (N-methyl/N-ethyl adjacent to an activating group) is 1. The molecule has 1 nitrogen and oxygen atoms in total. The second kappa shape index (κ2) is 9.15. The fourth-order valence-electron chi connectivity index (χ4n) is 0.820. The van der Waals surface area contributed by atoms with Crippen LogP contribution in [0.3, 0.4) is 0 Å². The minimum Gasteiger partial charge on any atom is -0.388 e. The third-order valence-corrected chi connectivity index (χ3v) is 2.59. The Morgan fingerprint density at radius 3 is 2.83 bits per heavy atom. The molecule has 0 bridgehead atoms. The molecule has 0 amide bonds. The number of nitrogens with one attached hydrogen (secondary N) is 1. The fraction of sp³-hybridized carbons (Fsp3) is 0.556. The summed E-state index contributed by atoms with van der Waals surface area (Å²) in [7, 11) is 4.61. The Balaban J connectivity index is 3.69. The van der Waals surface area contributed by atoms with Crippen LogP contribution in [0.5, 0.6) is 0 Å². The van der Waals surface area contributed by atoms with E-state index < -0.39 is 0 Å². The van der Waals surface area contributed by atoms with Crippen molar-refractivity contribution < 1.29 is 0 Å². The molecule has 0 aromatic carbocycles. The smallest absolute Gasteiger partial charge is 0.0293 e. The van der Waals surface area contributed by atoms with E-state index >= 15 is 0 Å². The van der Waals surface area contributed by atoms with Crippen molar-refractivity contribution in [3.05, 3.63) is 23.9 Å². The SMILES string of the molecule is CC/C=C(\C=C/CCSP)NC. The predicted octanol–water partition coefficient (Wildman–Crippen LogP) is 2.97. The van der Waals surface area contributed by atoms with Crippen LogP contribution in [0.2, 0.25) is 0 Å². The van der Waals surface area contributed by atoms with Crippen molar-refractivity contribution in [1.82, 2.24) is 5.32 Å². The molecule has 0 aromatic heterocycles. The molecule has 0 aliphatic rings. The lowest BCUT2D eigenvalue weighted by Gasteiger charge is -1.98. The molecule has 0 aliphatic carbocycles. The molecule has 12 heavy (non-hydrogen) atoms. The Hall–Kier alpha value is 0.0600. The van der Waals surface area contributed by atoms with Crippen molar-refractivity contribution in [2.75, 3.05) is 12.8 Å².